The lowest BCUT2D eigenvalue weighted by atomic mass is 10.1. The molecule has 1 N–H and O–H groups in total. The Kier molecular flexibility index (Phi) is 7.50. The molecular formula is C12H17ClFNO2. The highest BCUT2D eigenvalue weighted by Crippen LogP contribution is 2.04. The molecular weight excluding hydrogens is 245 g/mol. The second-order valence-electron chi connectivity index (χ2n) is 3.82. The fourth-order valence-corrected chi connectivity index (χ4v) is 1.37. The maximum atomic E-state index is 12.6. The van der Waals surface area contributed by atoms with Gasteiger partial charge in [0.25, 0.3) is 0 Å². The number of hydrogen-bond acceptors (Lipinski definition) is 2. The van der Waals surface area contributed by atoms with Gasteiger partial charge in [-0.15, -0.1) is 12.4 Å². The third-order valence-corrected chi connectivity index (χ3v) is 2.40. The van der Waals surface area contributed by atoms with Gasteiger partial charge < -0.3 is 10.0 Å². The largest absolute Gasteiger partial charge is 0.481 e. The summed E-state index contributed by atoms with van der Waals surface area (Å²) in [5.41, 5.74) is 1.06. The molecule has 0 radical (unpaired) electrons. The second kappa shape index (κ2) is 8.03. The van der Waals surface area contributed by atoms with Gasteiger partial charge in [0.1, 0.15) is 5.82 Å². The monoisotopic (exact) mass is 261 g/mol. The minimum atomic E-state index is -0.784. The number of benzene rings is 1. The van der Waals surface area contributed by atoms with E-state index < -0.39 is 5.97 Å². The summed E-state index contributed by atoms with van der Waals surface area (Å²) in [4.78, 5) is 12.3. The van der Waals surface area contributed by atoms with Gasteiger partial charge in [0, 0.05) is 13.1 Å². The van der Waals surface area contributed by atoms with Gasteiger partial charge in [-0.3, -0.25) is 4.79 Å². The van der Waals surface area contributed by atoms with Crippen LogP contribution in [0.15, 0.2) is 24.3 Å². The molecule has 0 aliphatic rings. The molecule has 3 nitrogen and oxygen atoms in total. The Morgan fingerprint density at radius 2 is 1.88 bits per heavy atom. The van der Waals surface area contributed by atoms with E-state index in [0.717, 1.165) is 18.5 Å². The first-order chi connectivity index (χ1) is 7.58. The molecule has 5 heteroatoms. The highest BCUT2D eigenvalue weighted by Gasteiger charge is 2.02. The molecule has 0 saturated carbocycles. The van der Waals surface area contributed by atoms with E-state index in [1.807, 2.05) is 11.9 Å². The van der Waals surface area contributed by atoms with E-state index >= 15 is 0 Å². The number of carboxylic acid groups (broad SMARTS) is 1. The average Bonchev–Trinajstić information content (AvgIpc) is 2.25. The molecule has 0 atom stereocenters. The van der Waals surface area contributed by atoms with E-state index in [0.29, 0.717) is 6.54 Å². The maximum absolute atomic E-state index is 12.6. The first-order valence-electron chi connectivity index (χ1n) is 5.22. The fraction of sp³-hybridized carbons (Fsp3) is 0.417. The molecule has 0 saturated heterocycles. The van der Waals surface area contributed by atoms with Crippen molar-refractivity contribution in [2.45, 2.75) is 12.8 Å². The van der Waals surface area contributed by atoms with Crippen LogP contribution in [0.2, 0.25) is 0 Å². The molecule has 96 valence electrons. The van der Waals surface area contributed by atoms with Gasteiger partial charge in [0.15, 0.2) is 0 Å². The van der Waals surface area contributed by atoms with Crippen molar-refractivity contribution >= 4 is 18.4 Å². The Morgan fingerprint density at radius 1 is 1.29 bits per heavy atom. The van der Waals surface area contributed by atoms with Gasteiger partial charge in [-0.2, -0.15) is 0 Å². The van der Waals surface area contributed by atoms with E-state index in [1.165, 1.54) is 12.1 Å². The van der Waals surface area contributed by atoms with Crippen LogP contribution in [0.1, 0.15) is 12.0 Å². The van der Waals surface area contributed by atoms with Crippen LogP contribution >= 0.6 is 12.4 Å². The smallest absolute Gasteiger partial charge is 0.304 e. The van der Waals surface area contributed by atoms with Crippen LogP contribution in [0, 0.1) is 5.82 Å². The summed E-state index contributed by atoms with van der Waals surface area (Å²) >= 11 is 0. The Morgan fingerprint density at radius 3 is 2.41 bits per heavy atom. The summed E-state index contributed by atoms with van der Waals surface area (Å²) in [5.74, 6) is -1.02. The van der Waals surface area contributed by atoms with Crippen molar-refractivity contribution in [3.05, 3.63) is 35.6 Å². The number of hydrogen-bond donors (Lipinski definition) is 1. The molecule has 1 rings (SSSR count). The van der Waals surface area contributed by atoms with Crippen molar-refractivity contribution in [1.29, 1.82) is 0 Å². The molecule has 0 aliphatic carbocycles. The predicted octanol–water partition coefficient (Wildman–Crippen LogP) is 2.20. The minimum Gasteiger partial charge on any atom is -0.481 e. The molecule has 0 heterocycles. The second-order valence-corrected chi connectivity index (χ2v) is 3.82. The standard InChI is InChI=1S/C12H16FNO2.ClH/c1-14(9-7-12(15)16)8-6-10-2-4-11(13)5-3-10;/h2-5H,6-9H2,1H3,(H,15,16);1H. The zero-order chi connectivity index (χ0) is 12.0. The minimum absolute atomic E-state index is 0. The first-order valence-corrected chi connectivity index (χ1v) is 5.22. The molecule has 1 aromatic carbocycles. The number of carbonyl (C=O) groups is 1. The number of rotatable bonds is 6. The summed E-state index contributed by atoms with van der Waals surface area (Å²) < 4.78 is 12.6. The summed E-state index contributed by atoms with van der Waals surface area (Å²) in [6.45, 7) is 1.31. The summed E-state index contributed by atoms with van der Waals surface area (Å²) in [7, 11) is 1.88. The normalized spacial score (nSPS) is 10.1. The summed E-state index contributed by atoms with van der Waals surface area (Å²) in [5, 5.41) is 8.51. The topological polar surface area (TPSA) is 40.5 Å². The molecule has 0 aromatic heterocycles. The highest BCUT2D eigenvalue weighted by molar-refractivity contribution is 5.85. The first kappa shape index (κ1) is 15.9. The van der Waals surface area contributed by atoms with Gasteiger partial charge in [-0.25, -0.2) is 4.39 Å². The van der Waals surface area contributed by atoms with E-state index in [1.54, 1.807) is 12.1 Å². The number of carboxylic acids is 1. The zero-order valence-corrected chi connectivity index (χ0v) is 10.5. The van der Waals surface area contributed by atoms with Crippen molar-refractivity contribution in [2.24, 2.45) is 0 Å². The lowest BCUT2D eigenvalue weighted by Crippen LogP contribution is -2.24. The van der Waals surface area contributed by atoms with Crippen LogP contribution in [-0.4, -0.2) is 36.1 Å². The Hall–Kier alpha value is -1.13. The van der Waals surface area contributed by atoms with E-state index in [4.69, 9.17) is 5.11 Å². The van der Waals surface area contributed by atoms with E-state index in [9.17, 15) is 9.18 Å². The number of aliphatic carboxylic acids is 1. The molecule has 0 unspecified atom stereocenters. The molecule has 0 fully saturated rings. The molecule has 0 spiro atoms. The van der Waals surface area contributed by atoms with E-state index in [-0.39, 0.29) is 24.6 Å². The maximum Gasteiger partial charge on any atom is 0.304 e. The molecule has 17 heavy (non-hydrogen) atoms. The van der Waals surface area contributed by atoms with Crippen LogP contribution in [0.25, 0.3) is 0 Å². The lowest BCUT2D eigenvalue weighted by molar-refractivity contribution is -0.137. The number of nitrogens with zero attached hydrogens (tertiary/aromatic N) is 1. The zero-order valence-electron chi connectivity index (χ0n) is 9.73. The third-order valence-electron chi connectivity index (χ3n) is 2.40. The van der Waals surface area contributed by atoms with Gasteiger partial charge in [0.2, 0.25) is 0 Å². The van der Waals surface area contributed by atoms with Crippen LogP contribution in [-0.2, 0) is 11.2 Å². The van der Waals surface area contributed by atoms with Gasteiger partial charge in [0.05, 0.1) is 6.42 Å². The summed E-state index contributed by atoms with van der Waals surface area (Å²) in [6, 6.07) is 6.37. The van der Waals surface area contributed by atoms with Crippen molar-refractivity contribution < 1.29 is 14.3 Å². The highest BCUT2D eigenvalue weighted by atomic mass is 35.5. The van der Waals surface area contributed by atoms with Crippen molar-refractivity contribution in [3.63, 3.8) is 0 Å². The van der Waals surface area contributed by atoms with Gasteiger partial charge in [-0.05, 0) is 31.2 Å². The number of likely N-dealkylation sites (N-methyl/N-ethyl adjacent to an activating group) is 1. The van der Waals surface area contributed by atoms with Crippen molar-refractivity contribution in [2.75, 3.05) is 20.1 Å². The lowest BCUT2D eigenvalue weighted by Gasteiger charge is -2.14. The van der Waals surface area contributed by atoms with Crippen LogP contribution in [0.5, 0.6) is 0 Å². The fourth-order valence-electron chi connectivity index (χ4n) is 1.37. The quantitative estimate of drug-likeness (QED) is 0.853. The molecule has 1 aromatic rings. The van der Waals surface area contributed by atoms with Crippen molar-refractivity contribution in [1.82, 2.24) is 4.90 Å². The Balaban J connectivity index is 0.00000256. The van der Waals surface area contributed by atoms with Gasteiger partial charge >= 0.3 is 5.97 Å². The molecule has 0 aliphatic heterocycles. The van der Waals surface area contributed by atoms with Crippen LogP contribution in [0.3, 0.4) is 0 Å². The predicted molar refractivity (Wildman–Crippen MR) is 67.1 cm³/mol. The Labute approximate surface area is 107 Å². The van der Waals surface area contributed by atoms with Crippen molar-refractivity contribution in [3.8, 4) is 0 Å². The van der Waals surface area contributed by atoms with Crippen LogP contribution < -0.4 is 0 Å². The van der Waals surface area contributed by atoms with Crippen LogP contribution in [0.4, 0.5) is 4.39 Å². The number of halogens is 2. The third kappa shape index (κ3) is 6.92. The SMILES string of the molecule is CN(CCC(=O)O)CCc1ccc(F)cc1.Cl. The Bertz CT molecular complexity index is 343. The average molecular weight is 262 g/mol. The molecule has 0 bridgehead atoms. The molecule has 0 amide bonds. The van der Waals surface area contributed by atoms with E-state index in [2.05, 4.69) is 0 Å². The van der Waals surface area contributed by atoms with Gasteiger partial charge in [-0.1, -0.05) is 12.1 Å². The summed E-state index contributed by atoms with van der Waals surface area (Å²) in [6.07, 6.45) is 0.955.